The van der Waals surface area contributed by atoms with E-state index in [1.54, 1.807) is 42.5 Å². The Kier molecular flexibility index (Phi) is 6.46. The monoisotopic (exact) mass is 512 g/mol. The molecule has 1 aromatic heterocycles. The molecule has 0 saturated carbocycles. The number of nitrogens with one attached hydrogen (secondary N) is 1. The van der Waals surface area contributed by atoms with E-state index in [4.69, 9.17) is 16.3 Å². The van der Waals surface area contributed by atoms with Gasteiger partial charge in [-0.25, -0.2) is 10.2 Å². The SMILES string of the molecule is O=C(N/N=C\c1ccccc1OC(=O)c1sc2ccccc2c1Cl)c1ccccc1Br. The molecule has 0 spiro atoms. The zero-order valence-corrected chi connectivity index (χ0v) is 19.0. The van der Waals surface area contributed by atoms with Gasteiger partial charge < -0.3 is 4.74 Å². The number of esters is 1. The molecule has 0 aliphatic carbocycles. The summed E-state index contributed by atoms with van der Waals surface area (Å²) in [5.41, 5.74) is 3.45. The third kappa shape index (κ3) is 4.69. The van der Waals surface area contributed by atoms with Gasteiger partial charge in [0.2, 0.25) is 0 Å². The summed E-state index contributed by atoms with van der Waals surface area (Å²) in [6.07, 6.45) is 1.42. The highest BCUT2D eigenvalue weighted by Gasteiger charge is 2.19. The maximum atomic E-state index is 12.7. The fourth-order valence-electron chi connectivity index (χ4n) is 2.84. The van der Waals surface area contributed by atoms with E-state index in [9.17, 15) is 9.59 Å². The Balaban J connectivity index is 1.51. The Labute approximate surface area is 195 Å². The fourth-order valence-corrected chi connectivity index (χ4v) is 4.69. The second-order valence-electron chi connectivity index (χ2n) is 6.35. The number of rotatable bonds is 5. The van der Waals surface area contributed by atoms with Gasteiger partial charge in [-0.3, -0.25) is 4.79 Å². The molecule has 0 fully saturated rings. The number of amides is 1. The molecule has 0 aliphatic rings. The Morgan fingerprint density at radius 3 is 2.52 bits per heavy atom. The highest BCUT2D eigenvalue weighted by Crippen LogP contribution is 2.36. The smallest absolute Gasteiger partial charge is 0.355 e. The minimum atomic E-state index is -0.552. The number of carbonyl (C=O) groups excluding carboxylic acids is 2. The van der Waals surface area contributed by atoms with Gasteiger partial charge >= 0.3 is 5.97 Å². The van der Waals surface area contributed by atoms with Gasteiger partial charge in [0, 0.05) is 20.1 Å². The van der Waals surface area contributed by atoms with Crippen LogP contribution in [0.3, 0.4) is 0 Å². The van der Waals surface area contributed by atoms with Gasteiger partial charge in [0.1, 0.15) is 10.6 Å². The summed E-state index contributed by atoms with van der Waals surface area (Å²) >= 11 is 11.0. The first-order chi connectivity index (χ1) is 15.0. The number of carbonyl (C=O) groups is 2. The molecule has 0 bridgehead atoms. The minimum Gasteiger partial charge on any atom is -0.422 e. The molecule has 3 aromatic carbocycles. The Bertz CT molecular complexity index is 1320. The van der Waals surface area contributed by atoms with Crippen LogP contribution in [0.5, 0.6) is 5.75 Å². The molecule has 4 aromatic rings. The van der Waals surface area contributed by atoms with Crippen LogP contribution in [0.25, 0.3) is 10.1 Å². The molecule has 0 radical (unpaired) electrons. The summed E-state index contributed by atoms with van der Waals surface area (Å²) in [6, 6.07) is 21.4. The number of ether oxygens (including phenoxy) is 1. The van der Waals surface area contributed by atoms with E-state index in [0.29, 0.717) is 31.2 Å². The number of hydrogen-bond donors (Lipinski definition) is 1. The van der Waals surface area contributed by atoms with Crippen molar-refractivity contribution in [3.8, 4) is 5.75 Å². The summed E-state index contributed by atoms with van der Waals surface area (Å²) in [5, 5.41) is 5.18. The first kappa shape index (κ1) is 21.2. The number of nitrogens with zero attached hydrogens (tertiary/aromatic N) is 1. The third-order valence-corrected chi connectivity index (χ3v) is 6.68. The van der Waals surface area contributed by atoms with Crippen molar-refractivity contribution in [1.82, 2.24) is 5.43 Å². The summed E-state index contributed by atoms with van der Waals surface area (Å²) in [4.78, 5) is 25.3. The summed E-state index contributed by atoms with van der Waals surface area (Å²) < 4.78 is 7.15. The van der Waals surface area contributed by atoms with Crippen molar-refractivity contribution in [2.45, 2.75) is 0 Å². The van der Waals surface area contributed by atoms with Crippen LogP contribution in [0.4, 0.5) is 0 Å². The van der Waals surface area contributed by atoms with Crippen molar-refractivity contribution < 1.29 is 14.3 Å². The van der Waals surface area contributed by atoms with Crippen LogP contribution in [0.2, 0.25) is 5.02 Å². The molecular formula is C23H14BrClN2O3S. The highest BCUT2D eigenvalue weighted by atomic mass is 79.9. The molecule has 154 valence electrons. The Morgan fingerprint density at radius 1 is 1.00 bits per heavy atom. The quantitative estimate of drug-likeness (QED) is 0.147. The topological polar surface area (TPSA) is 67.8 Å². The predicted octanol–water partition coefficient (Wildman–Crippen LogP) is 6.30. The summed E-state index contributed by atoms with van der Waals surface area (Å²) in [7, 11) is 0. The summed E-state index contributed by atoms with van der Waals surface area (Å²) in [6.45, 7) is 0. The standard InChI is InChI=1S/C23H14BrClN2O3S/c24-17-10-4-2-8-15(17)22(28)27-26-13-14-7-1-5-11-18(14)30-23(29)21-20(25)16-9-3-6-12-19(16)31-21/h1-13H,(H,27,28)/b26-13-. The lowest BCUT2D eigenvalue weighted by Crippen LogP contribution is -2.18. The van der Waals surface area contributed by atoms with E-state index >= 15 is 0 Å². The van der Waals surface area contributed by atoms with Crippen LogP contribution in [-0.2, 0) is 0 Å². The van der Waals surface area contributed by atoms with Crippen molar-refractivity contribution in [1.29, 1.82) is 0 Å². The first-order valence-corrected chi connectivity index (χ1v) is 11.1. The number of fused-ring (bicyclic) bond motifs is 1. The van der Waals surface area contributed by atoms with Crippen LogP contribution in [-0.4, -0.2) is 18.1 Å². The predicted molar refractivity (Wildman–Crippen MR) is 127 cm³/mol. The van der Waals surface area contributed by atoms with Gasteiger partial charge in [-0.15, -0.1) is 11.3 Å². The number of hydrogen-bond acceptors (Lipinski definition) is 5. The van der Waals surface area contributed by atoms with Gasteiger partial charge in [0.25, 0.3) is 5.91 Å². The van der Waals surface area contributed by atoms with Crippen molar-refractivity contribution in [2.75, 3.05) is 0 Å². The summed E-state index contributed by atoms with van der Waals surface area (Å²) in [5.74, 6) is -0.612. The second kappa shape index (κ2) is 9.43. The molecule has 0 saturated heterocycles. The zero-order chi connectivity index (χ0) is 21.8. The molecule has 1 amide bonds. The number of thiophene rings is 1. The molecule has 0 atom stereocenters. The van der Waals surface area contributed by atoms with E-state index in [0.717, 1.165) is 10.1 Å². The zero-order valence-electron chi connectivity index (χ0n) is 15.8. The number of hydrazone groups is 1. The molecule has 4 rings (SSSR count). The lowest BCUT2D eigenvalue weighted by atomic mass is 10.2. The largest absolute Gasteiger partial charge is 0.422 e. The van der Waals surface area contributed by atoms with Gasteiger partial charge in [0.15, 0.2) is 0 Å². The molecule has 1 heterocycles. The molecule has 5 nitrogen and oxygen atoms in total. The van der Waals surface area contributed by atoms with Crippen molar-refractivity contribution in [3.05, 3.63) is 98.3 Å². The fraction of sp³-hybridized carbons (Fsp3) is 0. The maximum Gasteiger partial charge on any atom is 0.355 e. The molecule has 1 N–H and O–H groups in total. The molecule has 0 unspecified atom stereocenters. The van der Waals surface area contributed by atoms with Gasteiger partial charge in [-0.05, 0) is 46.3 Å². The van der Waals surface area contributed by atoms with Crippen LogP contribution in [0, 0.1) is 0 Å². The van der Waals surface area contributed by atoms with E-state index in [1.807, 2.05) is 30.3 Å². The van der Waals surface area contributed by atoms with E-state index < -0.39 is 5.97 Å². The first-order valence-electron chi connectivity index (χ1n) is 9.11. The van der Waals surface area contributed by atoms with Crippen molar-refractivity contribution >= 4 is 67.0 Å². The van der Waals surface area contributed by atoms with Gasteiger partial charge in [0.05, 0.1) is 16.8 Å². The van der Waals surface area contributed by atoms with Gasteiger partial charge in [-0.1, -0.05) is 54.1 Å². The average Bonchev–Trinajstić information content (AvgIpc) is 3.12. The normalized spacial score (nSPS) is 11.0. The lowest BCUT2D eigenvalue weighted by Gasteiger charge is -2.07. The molecule has 8 heteroatoms. The van der Waals surface area contributed by atoms with Crippen molar-refractivity contribution in [3.63, 3.8) is 0 Å². The van der Waals surface area contributed by atoms with E-state index in [1.165, 1.54) is 17.6 Å². The lowest BCUT2D eigenvalue weighted by molar-refractivity contribution is 0.0739. The van der Waals surface area contributed by atoms with Crippen LogP contribution >= 0.6 is 38.9 Å². The van der Waals surface area contributed by atoms with Gasteiger partial charge in [-0.2, -0.15) is 5.10 Å². The average molecular weight is 514 g/mol. The maximum absolute atomic E-state index is 12.7. The number of halogens is 2. The minimum absolute atomic E-state index is 0.305. The second-order valence-corrected chi connectivity index (χ2v) is 8.63. The van der Waals surface area contributed by atoms with Crippen LogP contribution < -0.4 is 10.2 Å². The van der Waals surface area contributed by atoms with Crippen LogP contribution in [0.1, 0.15) is 25.6 Å². The van der Waals surface area contributed by atoms with Crippen molar-refractivity contribution in [2.24, 2.45) is 5.10 Å². The molecular weight excluding hydrogens is 500 g/mol. The Morgan fingerprint density at radius 2 is 1.71 bits per heavy atom. The Hall–Kier alpha value is -3.00. The van der Waals surface area contributed by atoms with E-state index in [-0.39, 0.29) is 5.91 Å². The number of benzene rings is 3. The van der Waals surface area contributed by atoms with E-state index in [2.05, 4.69) is 26.5 Å². The van der Waals surface area contributed by atoms with Crippen LogP contribution in [0.15, 0.2) is 82.4 Å². The molecule has 31 heavy (non-hydrogen) atoms. The number of para-hydroxylation sites is 1. The molecule has 0 aliphatic heterocycles. The third-order valence-electron chi connectivity index (χ3n) is 4.33. The highest BCUT2D eigenvalue weighted by molar-refractivity contribution is 9.10.